The summed E-state index contributed by atoms with van der Waals surface area (Å²) in [6, 6.07) is 14.5. The van der Waals surface area contributed by atoms with Gasteiger partial charge in [-0.25, -0.2) is 9.97 Å². The smallest absolute Gasteiger partial charge is 0.368 e. The molecule has 3 aromatic carbocycles. The van der Waals surface area contributed by atoms with E-state index in [1.165, 1.54) is 12.1 Å². The number of halogens is 3. The predicted octanol–water partition coefficient (Wildman–Crippen LogP) is 4.94. The van der Waals surface area contributed by atoms with Crippen LogP contribution in [0.2, 0.25) is 0 Å². The molecule has 0 unspecified atom stereocenters. The van der Waals surface area contributed by atoms with Crippen molar-refractivity contribution in [2.45, 2.75) is 19.6 Å². The molecule has 1 aliphatic heterocycles. The Kier molecular flexibility index (Phi) is 7.92. The minimum atomic E-state index is -4.55. The Bertz CT molecular complexity index is 1670. The first-order valence-electron chi connectivity index (χ1n) is 13.1. The zero-order valence-corrected chi connectivity index (χ0v) is 22.7. The monoisotopic (exact) mass is 558 g/mol. The number of fused-ring (bicyclic) bond motifs is 1. The molecule has 4 aromatic rings. The molecular formula is C31H29F3N6O. The van der Waals surface area contributed by atoms with Gasteiger partial charge in [0.15, 0.2) is 0 Å². The number of aryl methyl sites for hydroxylation is 1. The molecule has 0 saturated carbocycles. The highest BCUT2D eigenvalue weighted by molar-refractivity contribution is 6.04. The summed E-state index contributed by atoms with van der Waals surface area (Å²) in [5.74, 6) is 5.86. The van der Waals surface area contributed by atoms with E-state index in [0.717, 1.165) is 30.1 Å². The van der Waals surface area contributed by atoms with Crippen LogP contribution in [-0.4, -0.2) is 58.9 Å². The van der Waals surface area contributed by atoms with Crippen molar-refractivity contribution in [2.75, 3.05) is 44.3 Å². The fraction of sp³-hybridized carbons (Fsp3) is 0.258. The Labute approximate surface area is 236 Å². The second-order valence-electron chi connectivity index (χ2n) is 10.1. The molecule has 5 rings (SSSR count). The minimum absolute atomic E-state index is 0.0766. The Morgan fingerprint density at radius 2 is 1.78 bits per heavy atom. The topological polar surface area (TPSA) is 87.4 Å². The zero-order valence-electron chi connectivity index (χ0n) is 22.7. The maximum absolute atomic E-state index is 14.0. The number of hydrogen-bond donors (Lipinski definition) is 2. The molecule has 0 atom stereocenters. The highest BCUT2D eigenvalue weighted by Gasteiger charge is 2.34. The van der Waals surface area contributed by atoms with Crippen LogP contribution in [0, 0.1) is 18.8 Å². The third-order valence-corrected chi connectivity index (χ3v) is 7.14. The minimum Gasteiger partial charge on any atom is -0.368 e. The summed E-state index contributed by atoms with van der Waals surface area (Å²) in [4.78, 5) is 25.5. The number of aromatic nitrogens is 2. The van der Waals surface area contributed by atoms with Crippen LogP contribution >= 0.6 is 0 Å². The molecule has 0 bridgehead atoms. The Hall–Kier alpha value is -4.46. The third-order valence-electron chi connectivity index (χ3n) is 7.14. The Balaban J connectivity index is 1.36. The van der Waals surface area contributed by atoms with Crippen molar-refractivity contribution in [1.29, 1.82) is 0 Å². The molecule has 10 heteroatoms. The fourth-order valence-corrected chi connectivity index (χ4v) is 4.72. The molecule has 0 spiro atoms. The highest BCUT2D eigenvalue weighted by Crippen LogP contribution is 2.35. The summed E-state index contributed by atoms with van der Waals surface area (Å²) in [7, 11) is 2.00. The van der Waals surface area contributed by atoms with E-state index >= 15 is 0 Å². The zero-order chi connectivity index (χ0) is 29.1. The van der Waals surface area contributed by atoms with Crippen molar-refractivity contribution >= 4 is 28.4 Å². The van der Waals surface area contributed by atoms with Gasteiger partial charge in [0.2, 0.25) is 5.95 Å². The van der Waals surface area contributed by atoms with Crippen molar-refractivity contribution in [3.05, 3.63) is 94.2 Å². The van der Waals surface area contributed by atoms with Crippen LogP contribution in [0.15, 0.2) is 60.8 Å². The van der Waals surface area contributed by atoms with Gasteiger partial charge in [0.05, 0.1) is 11.1 Å². The summed E-state index contributed by atoms with van der Waals surface area (Å²) < 4.78 is 41.9. The van der Waals surface area contributed by atoms with Gasteiger partial charge >= 0.3 is 6.18 Å². The first-order chi connectivity index (χ1) is 19.6. The van der Waals surface area contributed by atoms with E-state index in [1.54, 1.807) is 24.4 Å². The lowest BCUT2D eigenvalue weighted by Gasteiger charge is -2.33. The van der Waals surface area contributed by atoms with Crippen LogP contribution in [0.3, 0.4) is 0 Å². The summed E-state index contributed by atoms with van der Waals surface area (Å²) >= 11 is 0. The molecule has 1 amide bonds. The quantitative estimate of drug-likeness (QED) is 0.345. The van der Waals surface area contributed by atoms with E-state index in [0.29, 0.717) is 29.7 Å². The average Bonchev–Trinajstić information content (AvgIpc) is 2.93. The molecule has 1 saturated heterocycles. The lowest BCUT2D eigenvalue weighted by Crippen LogP contribution is -2.44. The largest absolute Gasteiger partial charge is 0.416 e. The maximum Gasteiger partial charge on any atom is 0.416 e. The molecule has 41 heavy (non-hydrogen) atoms. The Morgan fingerprint density at radius 1 is 1.02 bits per heavy atom. The van der Waals surface area contributed by atoms with Gasteiger partial charge in [0.25, 0.3) is 5.91 Å². The number of alkyl halides is 3. The lowest BCUT2D eigenvalue weighted by molar-refractivity contribution is -0.138. The van der Waals surface area contributed by atoms with Gasteiger partial charge in [-0.2, -0.15) is 13.2 Å². The molecule has 1 aliphatic rings. The lowest BCUT2D eigenvalue weighted by atomic mass is 10.0. The molecule has 7 nitrogen and oxygen atoms in total. The second kappa shape index (κ2) is 11.6. The van der Waals surface area contributed by atoms with Gasteiger partial charge < -0.3 is 16.0 Å². The van der Waals surface area contributed by atoms with Crippen molar-refractivity contribution < 1.29 is 18.0 Å². The fourth-order valence-electron chi connectivity index (χ4n) is 4.72. The predicted molar refractivity (Wildman–Crippen MR) is 153 cm³/mol. The van der Waals surface area contributed by atoms with E-state index in [2.05, 4.69) is 32.0 Å². The van der Waals surface area contributed by atoms with Crippen LogP contribution < -0.4 is 11.1 Å². The van der Waals surface area contributed by atoms with Gasteiger partial charge in [-0.3, -0.25) is 9.69 Å². The number of anilines is 2. The van der Waals surface area contributed by atoms with Crippen molar-refractivity contribution in [1.82, 2.24) is 19.8 Å². The molecule has 0 radical (unpaired) electrons. The highest BCUT2D eigenvalue weighted by atomic mass is 19.4. The van der Waals surface area contributed by atoms with E-state index in [-0.39, 0.29) is 29.3 Å². The number of nitrogens with zero attached hydrogens (tertiary/aromatic N) is 4. The SMILES string of the molecule is Cc1ccc(C(=O)Nc2ccc(CN3CCN(C)CC3)c(C(F)(F)F)c2)cc1C#Cc1cccc2nc(N)ncc12. The van der Waals surface area contributed by atoms with E-state index in [9.17, 15) is 18.0 Å². The van der Waals surface area contributed by atoms with Crippen LogP contribution in [0.25, 0.3) is 10.9 Å². The van der Waals surface area contributed by atoms with Gasteiger partial charge in [0, 0.05) is 66.7 Å². The van der Waals surface area contributed by atoms with Crippen LogP contribution in [0.1, 0.15) is 38.2 Å². The van der Waals surface area contributed by atoms with Gasteiger partial charge in [-0.1, -0.05) is 30.0 Å². The number of carbonyl (C=O) groups excluding carboxylic acids is 1. The maximum atomic E-state index is 14.0. The second-order valence-corrected chi connectivity index (χ2v) is 10.1. The first kappa shape index (κ1) is 28.1. The van der Waals surface area contributed by atoms with Crippen LogP contribution in [-0.2, 0) is 12.7 Å². The van der Waals surface area contributed by atoms with Crippen molar-refractivity contribution in [3.8, 4) is 11.8 Å². The van der Waals surface area contributed by atoms with Crippen molar-refractivity contribution in [2.24, 2.45) is 0 Å². The molecule has 210 valence electrons. The number of nitrogens with two attached hydrogens (primary N) is 1. The number of piperazine rings is 1. The van der Waals surface area contributed by atoms with Gasteiger partial charge in [-0.05, 0) is 61.5 Å². The summed E-state index contributed by atoms with van der Waals surface area (Å²) in [6.07, 6.45) is -2.93. The summed E-state index contributed by atoms with van der Waals surface area (Å²) in [5, 5.41) is 3.37. The van der Waals surface area contributed by atoms with Gasteiger partial charge in [-0.15, -0.1) is 0 Å². The Morgan fingerprint density at radius 3 is 2.54 bits per heavy atom. The number of nitrogens with one attached hydrogen (secondary N) is 1. The number of rotatable bonds is 4. The summed E-state index contributed by atoms with van der Waals surface area (Å²) in [5.41, 5.74) is 8.32. The number of benzene rings is 3. The average molecular weight is 559 g/mol. The first-order valence-corrected chi connectivity index (χ1v) is 13.1. The number of likely N-dealkylation sites (N-methyl/N-ethyl adjacent to an activating group) is 1. The van der Waals surface area contributed by atoms with Gasteiger partial charge in [0.1, 0.15) is 0 Å². The van der Waals surface area contributed by atoms with Crippen LogP contribution in [0.5, 0.6) is 0 Å². The molecule has 0 aliphatic carbocycles. The van der Waals surface area contributed by atoms with E-state index < -0.39 is 17.6 Å². The van der Waals surface area contributed by atoms with E-state index in [1.807, 2.05) is 37.1 Å². The number of carbonyl (C=O) groups is 1. The molecular weight excluding hydrogens is 529 g/mol. The third kappa shape index (κ3) is 6.65. The van der Waals surface area contributed by atoms with Crippen molar-refractivity contribution in [3.63, 3.8) is 0 Å². The number of amides is 1. The number of nitrogen functional groups attached to an aromatic ring is 1. The number of hydrogen-bond acceptors (Lipinski definition) is 6. The molecule has 1 fully saturated rings. The normalized spacial score (nSPS) is 14.5. The summed E-state index contributed by atoms with van der Waals surface area (Å²) in [6.45, 7) is 5.09. The van der Waals surface area contributed by atoms with Crippen LogP contribution in [0.4, 0.5) is 24.8 Å². The molecule has 2 heterocycles. The van der Waals surface area contributed by atoms with E-state index in [4.69, 9.17) is 5.73 Å². The standard InChI is InChI=1S/C31H29F3N6O/c1-20-6-7-23(16-22(20)9-8-21-4-3-5-28-26(21)18-36-30(35)38-28)29(41)37-25-11-10-24(27(17-25)31(32,33)34)19-40-14-12-39(2)13-15-40/h3-7,10-11,16-18H,12-15,19H2,1-2H3,(H,37,41)(H2,35,36,38). The molecule has 1 aromatic heterocycles. The molecule has 3 N–H and O–H groups in total.